The zero-order valence-corrected chi connectivity index (χ0v) is 15.2. The van der Waals surface area contributed by atoms with Gasteiger partial charge < -0.3 is 15.5 Å². The van der Waals surface area contributed by atoms with Crippen molar-refractivity contribution < 1.29 is 18.8 Å². The predicted octanol–water partition coefficient (Wildman–Crippen LogP) is 3.43. The molecule has 0 aliphatic carbocycles. The lowest BCUT2D eigenvalue weighted by molar-refractivity contribution is -0.122. The molecule has 0 unspecified atom stereocenters. The van der Waals surface area contributed by atoms with Crippen LogP contribution in [0.2, 0.25) is 5.02 Å². The van der Waals surface area contributed by atoms with E-state index in [1.165, 1.54) is 24.0 Å². The number of hydrogen-bond acceptors (Lipinski definition) is 3. The van der Waals surface area contributed by atoms with Crippen LogP contribution >= 0.6 is 11.6 Å². The van der Waals surface area contributed by atoms with Crippen LogP contribution in [-0.4, -0.2) is 24.3 Å². The summed E-state index contributed by atoms with van der Waals surface area (Å²) in [5.41, 5.74) is 1.16. The van der Waals surface area contributed by atoms with E-state index in [4.69, 9.17) is 11.6 Å². The van der Waals surface area contributed by atoms with E-state index in [1.54, 1.807) is 24.3 Å². The number of amides is 3. The molecule has 140 valence electrons. The Morgan fingerprint density at radius 1 is 1.19 bits per heavy atom. The van der Waals surface area contributed by atoms with Gasteiger partial charge in [0.25, 0.3) is 0 Å². The molecule has 0 aromatic heterocycles. The Labute approximate surface area is 160 Å². The fourth-order valence-corrected chi connectivity index (χ4v) is 3.07. The normalized spacial score (nSPS) is 16.3. The highest BCUT2D eigenvalue weighted by molar-refractivity contribution is 6.30. The SMILES string of the molecule is CC(=O)Nc1cccc(N2C[C@@H](C(=O)Nc3ccc(Cl)cc3F)CC2=O)c1. The molecule has 1 saturated heterocycles. The first kappa shape index (κ1) is 18.8. The molecule has 3 amide bonds. The van der Waals surface area contributed by atoms with Gasteiger partial charge in [0.05, 0.1) is 11.6 Å². The Morgan fingerprint density at radius 3 is 2.67 bits per heavy atom. The fraction of sp³-hybridized carbons (Fsp3) is 0.211. The molecule has 0 spiro atoms. The third-order valence-corrected chi connectivity index (χ3v) is 4.40. The smallest absolute Gasteiger partial charge is 0.229 e. The first-order chi connectivity index (χ1) is 12.8. The second-order valence-corrected chi connectivity index (χ2v) is 6.69. The van der Waals surface area contributed by atoms with Crippen LogP contribution in [-0.2, 0) is 14.4 Å². The van der Waals surface area contributed by atoms with Crippen LogP contribution in [0.4, 0.5) is 21.5 Å². The number of carbonyl (C=O) groups is 3. The van der Waals surface area contributed by atoms with Crippen LogP contribution in [0.3, 0.4) is 0 Å². The standard InChI is InChI=1S/C19H17ClFN3O3/c1-11(25)22-14-3-2-4-15(9-14)24-10-12(7-18(24)26)19(27)23-17-6-5-13(20)8-16(17)21/h2-6,8-9,12H,7,10H2,1H3,(H,22,25)(H,23,27)/t12-/m0/s1. The van der Waals surface area contributed by atoms with Crippen LogP contribution in [0.5, 0.6) is 0 Å². The lowest BCUT2D eigenvalue weighted by Crippen LogP contribution is -2.28. The molecule has 3 rings (SSSR count). The van der Waals surface area contributed by atoms with Crippen molar-refractivity contribution >= 4 is 46.4 Å². The summed E-state index contributed by atoms with van der Waals surface area (Å²) >= 11 is 5.70. The lowest BCUT2D eigenvalue weighted by Gasteiger charge is -2.18. The van der Waals surface area contributed by atoms with Crippen molar-refractivity contribution in [1.82, 2.24) is 0 Å². The Balaban J connectivity index is 1.71. The third kappa shape index (κ3) is 4.43. The third-order valence-electron chi connectivity index (χ3n) is 4.16. The molecular weight excluding hydrogens is 373 g/mol. The molecule has 1 aliphatic heterocycles. The van der Waals surface area contributed by atoms with Crippen LogP contribution in [0.1, 0.15) is 13.3 Å². The molecule has 1 heterocycles. The van der Waals surface area contributed by atoms with Gasteiger partial charge in [-0.3, -0.25) is 14.4 Å². The largest absolute Gasteiger partial charge is 0.326 e. The first-order valence-electron chi connectivity index (χ1n) is 8.27. The molecule has 0 saturated carbocycles. The number of nitrogens with zero attached hydrogens (tertiary/aromatic N) is 1. The Kier molecular flexibility index (Phi) is 5.41. The summed E-state index contributed by atoms with van der Waals surface area (Å²) in [7, 11) is 0. The van der Waals surface area contributed by atoms with Crippen molar-refractivity contribution in [1.29, 1.82) is 0 Å². The van der Waals surface area contributed by atoms with E-state index in [1.807, 2.05) is 0 Å². The average molecular weight is 390 g/mol. The zero-order chi connectivity index (χ0) is 19.6. The minimum atomic E-state index is -0.639. The second-order valence-electron chi connectivity index (χ2n) is 6.25. The van der Waals surface area contributed by atoms with Gasteiger partial charge in [-0.1, -0.05) is 17.7 Å². The van der Waals surface area contributed by atoms with Crippen molar-refractivity contribution in [2.75, 3.05) is 22.1 Å². The number of benzene rings is 2. The van der Waals surface area contributed by atoms with Crippen LogP contribution in [0.25, 0.3) is 0 Å². The monoisotopic (exact) mass is 389 g/mol. The van der Waals surface area contributed by atoms with E-state index in [2.05, 4.69) is 10.6 Å². The van der Waals surface area contributed by atoms with Gasteiger partial charge in [0.2, 0.25) is 17.7 Å². The number of hydrogen-bond donors (Lipinski definition) is 2. The second kappa shape index (κ2) is 7.75. The predicted molar refractivity (Wildman–Crippen MR) is 101 cm³/mol. The fourth-order valence-electron chi connectivity index (χ4n) is 2.91. The highest BCUT2D eigenvalue weighted by Crippen LogP contribution is 2.28. The summed E-state index contributed by atoms with van der Waals surface area (Å²) in [6.45, 7) is 1.56. The van der Waals surface area contributed by atoms with E-state index in [9.17, 15) is 18.8 Å². The lowest BCUT2D eigenvalue weighted by atomic mass is 10.1. The molecular formula is C19H17ClFN3O3. The molecule has 1 aliphatic rings. The molecule has 0 radical (unpaired) electrons. The first-order valence-corrected chi connectivity index (χ1v) is 8.65. The van der Waals surface area contributed by atoms with E-state index in [0.29, 0.717) is 11.4 Å². The molecule has 1 atom stereocenters. The minimum absolute atomic E-state index is 0.0166. The van der Waals surface area contributed by atoms with Crippen molar-refractivity contribution in [3.63, 3.8) is 0 Å². The maximum atomic E-state index is 13.9. The molecule has 1 fully saturated rings. The van der Waals surface area contributed by atoms with E-state index in [0.717, 1.165) is 6.07 Å². The van der Waals surface area contributed by atoms with Crippen molar-refractivity contribution in [3.05, 3.63) is 53.3 Å². The maximum Gasteiger partial charge on any atom is 0.229 e. The Morgan fingerprint density at radius 2 is 1.96 bits per heavy atom. The highest BCUT2D eigenvalue weighted by Gasteiger charge is 2.35. The van der Waals surface area contributed by atoms with Crippen molar-refractivity contribution in [2.24, 2.45) is 5.92 Å². The van der Waals surface area contributed by atoms with Gasteiger partial charge in [0.1, 0.15) is 5.82 Å². The molecule has 2 aromatic rings. The molecule has 2 aromatic carbocycles. The number of carbonyl (C=O) groups excluding carboxylic acids is 3. The summed E-state index contributed by atoms with van der Waals surface area (Å²) in [6, 6.07) is 10.8. The molecule has 2 N–H and O–H groups in total. The summed E-state index contributed by atoms with van der Waals surface area (Å²) in [4.78, 5) is 37.5. The number of anilines is 3. The van der Waals surface area contributed by atoms with Crippen LogP contribution in [0, 0.1) is 11.7 Å². The number of rotatable bonds is 4. The van der Waals surface area contributed by atoms with E-state index < -0.39 is 17.6 Å². The molecule has 27 heavy (non-hydrogen) atoms. The van der Waals surface area contributed by atoms with Crippen LogP contribution < -0.4 is 15.5 Å². The van der Waals surface area contributed by atoms with Crippen molar-refractivity contribution in [3.8, 4) is 0 Å². The Bertz CT molecular complexity index is 919. The average Bonchev–Trinajstić information content (AvgIpc) is 2.99. The van der Waals surface area contributed by atoms with Gasteiger partial charge in [-0.05, 0) is 36.4 Å². The topological polar surface area (TPSA) is 78.5 Å². The van der Waals surface area contributed by atoms with Gasteiger partial charge in [-0.25, -0.2) is 4.39 Å². The molecule has 6 nitrogen and oxygen atoms in total. The zero-order valence-electron chi connectivity index (χ0n) is 14.5. The van der Waals surface area contributed by atoms with Crippen LogP contribution in [0.15, 0.2) is 42.5 Å². The van der Waals surface area contributed by atoms with Crippen molar-refractivity contribution in [2.45, 2.75) is 13.3 Å². The maximum absolute atomic E-state index is 13.9. The highest BCUT2D eigenvalue weighted by atomic mass is 35.5. The van der Waals surface area contributed by atoms with Gasteiger partial charge in [0, 0.05) is 36.3 Å². The van der Waals surface area contributed by atoms with Gasteiger partial charge in [0.15, 0.2) is 0 Å². The number of nitrogens with one attached hydrogen (secondary N) is 2. The summed E-state index contributed by atoms with van der Waals surface area (Å²) in [5.74, 6) is -2.13. The summed E-state index contributed by atoms with van der Waals surface area (Å²) in [5, 5.41) is 5.38. The summed E-state index contributed by atoms with van der Waals surface area (Å²) < 4.78 is 13.9. The van der Waals surface area contributed by atoms with Gasteiger partial charge in [-0.15, -0.1) is 0 Å². The van der Waals surface area contributed by atoms with Gasteiger partial charge >= 0.3 is 0 Å². The van der Waals surface area contributed by atoms with E-state index in [-0.39, 0.29) is 35.5 Å². The Hall–Kier alpha value is -2.93. The summed E-state index contributed by atoms with van der Waals surface area (Å²) in [6.07, 6.45) is 0.0193. The quantitative estimate of drug-likeness (QED) is 0.840. The minimum Gasteiger partial charge on any atom is -0.326 e. The van der Waals surface area contributed by atoms with E-state index >= 15 is 0 Å². The van der Waals surface area contributed by atoms with Gasteiger partial charge in [-0.2, -0.15) is 0 Å². The number of halogens is 2. The molecule has 8 heteroatoms. The molecule has 0 bridgehead atoms.